The third kappa shape index (κ3) is 4.44. The zero-order valence-electron chi connectivity index (χ0n) is 18.5. The van der Waals surface area contributed by atoms with Gasteiger partial charge in [0.15, 0.2) is 5.69 Å². The van der Waals surface area contributed by atoms with Gasteiger partial charge in [-0.05, 0) is 54.8 Å². The van der Waals surface area contributed by atoms with Crippen LogP contribution in [0.15, 0.2) is 83.3 Å². The molecule has 3 heterocycles. The Bertz CT molecular complexity index is 1330. The minimum Gasteiger partial charge on any atom is -0.493 e. The summed E-state index contributed by atoms with van der Waals surface area (Å²) in [6.45, 7) is 1.41. The van der Waals surface area contributed by atoms with Crippen molar-refractivity contribution in [1.82, 2.24) is 14.5 Å². The van der Waals surface area contributed by atoms with E-state index in [1.54, 1.807) is 30.5 Å². The van der Waals surface area contributed by atoms with E-state index in [0.29, 0.717) is 17.3 Å². The molecular formula is C26H24ClN5O2. The molecule has 1 atom stereocenters. The van der Waals surface area contributed by atoms with Crippen LogP contribution in [0.4, 0.5) is 5.69 Å². The summed E-state index contributed by atoms with van der Waals surface area (Å²) in [5.41, 5.74) is 2.67. The lowest BCUT2D eigenvalue weighted by Gasteiger charge is -2.36. The first kappa shape index (κ1) is 22.3. The molecule has 0 spiro atoms. The van der Waals surface area contributed by atoms with Gasteiger partial charge in [0.05, 0.1) is 12.2 Å². The van der Waals surface area contributed by atoms with Crippen molar-refractivity contribution in [3.05, 3.63) is 89.2 Å². The number of nitrogens with zero attached hydrogens (tertiary/aromatic N) is 5. The average molecular weight is 474 g/mol. The fraction of sp³-hybridized carbons (Fsp3) is 0.231. The molecule has 1 aliphatic rings. The Morgan fingerprint density at radius 1 is 1.09 bits per heavy atom. The van der Waals surface area contributed by atoms with Gasteiger partial charge >= 0.3 is 0 Å². The molecule has 0 saturated carbocycles. The van der Waals surface area contributed by atoms with Crippen LogP contribution < -0.4 is 0 Å². The van der Waals surface area contributed by atoms with Crippen molar-refractivity contribution in [2.45, 2.75) is 32.0 Å². The lowest BCUT2D eigenvalue weighted by Crippen LogP contribution is -2.34. The molecule has 4 aromatic rings. The molecule has 8 heteroatoms. The summed E-state index contributed by atoms with van der Waals surface area (Å²) in [7, 11) is 0. The number of rotatable bonds is 5. The lowest BCUT2D eigenvalue weighted by atomic mass is 9.97. The number of likely N-dealkylation sites (tertiary alicyclic amines) is 1. The molecule has 1 amide bonds. The van der Waals surface area contributed by atoms with Gasteiger partial charge in [-0.25, -0.2) is 0 Å². The molecule has 0 bridgehead atoms. The van der Waals surface area contributed by atoms with E-state index in [1.807, 2.05) is 41.1 Å². The minimum absolute atomic E-state index is 0.00985. The highest BCUT2D eigenvalue weighted by Crippen LogP contribution is 2.40. The van der Waals surface area contributed by atoms with E-state index in [9.17, 15) is 9.90 Å². The van der Waals surface area contributed by atoms with Gasteiger partial charge in [-0.3, -0.25) is 19.2 Å². The first-order valence-corrected chi connectivity index (χ1v) is 11.7. The van der Waals surface area contributed by atoms with E-state index in [-0.39, 0.29) is 17.6 Å². The smallest absolute Gasteiger partial charge is 0.295 e. The fourth-order valence-corrected chi connectivity index (χ4v) is 4.68. The predicted octanol–water partition coefficient (Wildman–Crippen LogP) is 6.50. The molecule has 172 valence electrons. The number of amides is 1. The van der Waals surface area contributed by atoms with Crippen LogP contribution in [0, 0.1) is 0 Å². The van der Waals surface area contributed by atoms with Gasteiger partial charge in [0, 0.05) is 41.0 Å². The number of hydrogen-bond acceptors (Lipinski definition) is 5. The number of benzene rings is 2. The third-order valence-electron chi connectivity index (χ3n) is 6.26. The number of carbonyl (C=O) groups is 1. The number of carbonyl (C=O) groups excluding carboxylic acids is 1. The molecule has 1 fully saturated rings. The second-order valence-electron chi connectivity index (χ2n) is 8.38. The van der Waals surface area contributed by atoms with Gasteiger partial charge in [0.2, 0.25) is 5.88 Å². The molecule has 0 aliphatic carbocycles. The van der Waals surface area contributed by atoms with E-state index in [2.05, 4.69) is 26.2 Å². The quantitative estimate of drug-likeness (QED) is 0.335. The van der Waals surface area contributed by atoms with Crippen LogP contribution in [0.3, 0.4) is 0 Å². The largest absolute Gasteiger partial charge is 0.493 e. The maximum Gasteiger partial charge on any atom is 0.295 e. The van der Waals surface area contributed by atoms with E-state index in [1.165, 1.54) is 5.56 Å². The molecule has 1 aliphatic heterocycles. The van der Waals surface area contributed by atoms with Crippen LogP contribution in [0.2, 0.25) is 5.02 Å². The Hall–Kier alpha value is -3.55. The Balaban J connectivity index is 1.47. The van der Waals surface area contributed by atoms with Gasteiger partial charge < -0.3 is 5.11 Å². The standard InChI is InChI=1S/C26H24ClN5O2/c27-20-12-10-18(11-13-20)25(33)30-29-24-21-7-1-2-9-23(21)32(26(24)34)17-31-15-4-3-8-22(31)19-6-5-14-28-16-19/h1-2,5-7,9-14,16,22,34H,3-4,8,15,17H2/t22-/m1/s1. The second-order valence-corrected chi connectivity index (χ2v) is 8.82. The fourth-order valence-electron chi connectivity index (χ4n) is 4.55. The number of pyridine rings is 1. The van der Waals surface area contributed by atoms with Crippen molar-refractivity contribution < 1.29 is 9.90 Å². The van der Waals surface area contributed by atoms with Crippen molar-refractivity contribution >= 4 is 34.1 Å². The molecule has 5 rings (SSSR count). The van der Waals surface area contributed by atoms with Gasteiger partial charge in [0.25, 0.3) is 5.91 Å². The second kappa shape index (κ2) is 9.75. The number of hydrogen-bond donors (Lipinski definition) is 1. The third-order valence-corrected chi connectivity index (χ3v) is 6.51. The van der Waals surface area contributed by atoms with E-state index >= 15 is 0 Å². The zero-order chi connectivity index (χ0) is 23.5. The number of halogens is 1. The normalized spacial score (nSPS) is 16.9. The van der Waals surface area contributed by atoms with Gasteiger partial charge in [-0.2, -0.15) is 0 Å². The Morgan fingerprint density at radius 3 is 2.71 bits per heavy atom. The number of azo groups is 1. The van der Waals surface area contributed by atoms with E-state index in [0.717, 1.165) is 36.7 Å². The molecule has 7 nitrogen and oxygen atoms in total. The molecule has 0 unspecified atom stereocenters. The molecule has 1 N–H and O–H groups in total. The highest BCUT2D eigenvalue weighted by molar-refractivity contribution is 6.30. The van der Waals surface area contributed by atoms with E-state index in [4.69, 9.17) is 11.6 Å². The highest BCUT2D eigenvalue weighted by Gasteiger charge is 2.26. The first-order chi connectivity index (χ1) is 16.6. The monoisotopic (exact) mass is 473 g/mol. The number of aromatic nitrogens is 2. The maximum atomic E-state index is 12.5. The summed E-state index contributed by atoms with van der Waals surface area (Å²) in [4.78, 5) is 19.1. The van der Waals surface area contributed by atoms with Crippen molar-refractivity contribution in [3.63, 3.8) is 0 Å². The topological polar surface area (TPSA) is 83.1 Å². The van der Waals surface area contributed by atoms with Crippen molar-refractivity contribution in [1.29, 1.82) is 0 Å². The summed E-state index contributed by atoms with van der Waals surface area (Å²) in [5.74, 6) is -0.509. The molecule has 0 radical (unpaired) electrons. The van der Waals surface area contributed by atoms with Gasteiger partial charge in [0.1, 0.15) is 0 Å². The first-order valence-electron chi connectivity index (χ1n) is 11.3. The van der Waals surface area contributed by atoms with Crippen molar-refractivity contribution in [2.24, 2.45) is 10.2 Å². The van der Waals surface area contributed by atoms with Crippen molar-refractivity contribution in [3.8, 4) is 5.88 Å². The van der Waals surface area contributed by atoms with Crippen LogP contribution in [0.5, 0.6) is 5.88 Å². The number of para-hydroxylation sites is 1. The molecule has 34 heavy (non-hydrogen) atoms. The summed E-state index contributed by atoms with van der Waals surface area (Å²) in [5, 5.41) is 20.5. The van der Waals surface area contributed by atoms with Gasteiger partial charge in [-0.1, -0.05) is 42.3 Å². The summed E-state index contributed by atoms with van der Waals surface area (Å²) < 4.78 is 1.84. The minimum atomic E-state index is -0.499. The number of piperidine rings is 1. The van der Waals surface area contributed by atoms with Crippen LogP contribution in [0.25, 0.3) is 10.9 Å². The van der Waals surface area contributed by atoms with E-state index < -0.39 is 5.91 Å². The van der Waals surface area contributed by atoms with Gasteiger partial charge in [-0.15, -0.1) is 10.2 Å². The van der Waals surface area contributed by atoms with Crippen LogP contribution >= 0.6 is 11.6 Å². The predicted molar refractivity (Wildman–Crippen MR) is 131 cm³/mol. The Labute approximate surface area is 202 Å². The average Bonchev–Trinajstić information content (AvgIpc) is 3.14. The maximum absolute atomic E-state index is 12.5. The zero-order valence-corrected chi connectivity index (χ0v) is 19.3. The summed E-state index contributed by atoms with van der Waals surface area (Å²) in [6, 6.07) is 18.4. The summed E-state index contributed by atoms with van der Waals surface area (Å²) in [6.07, 6.45) is 6.98. The van der Waals surface area contributed by atoms with Crippen LogP contribution in [-0.2, 0) is 6.67 Å². The van der Waals surface area contributed by atoms with Crippen LogP contribution in [0.1, 0.15) is 41.2 Å². The molecular weight excluding hydrogens is 450 g/mol. The lowest BCUT2D eigenvalue weighted by molar-refractivity contribution is 0.0995. The Morgan fingerprint density at radius 2 is 1.91 bits per heavy atom. The van der Waals surface area contributed by atoms with Crippen LogP contribution in [-0.4, -0.2) is 32.0 Å². The van der Waals surface area contributed by atoms with Crippen molar-refractivity contribution in [2.75, 3.05) is 6.54 Å². The Kier molecular flexibility index (Phi) is 6.38. The molecule has 1 saturated heterocycles. The summed E-state index contributed by atoms with van der Waals surface area (Å²) >= 11 is 5.90. The molecule has 2 aromatic heterocycles. The molecule has 2 aromatic carbocycles. The number of aromatic hydroxyl groups is 1. The highest BCUT2D eigenvalue weighted by atomic mass is 35.5. The SMILES string of the molecule is O=C(N=Nc1c(O)n(CN2CCCC[C@@H]2c2cccnc2)c2ccccc12)c1ccc(Cl)cc1. The number of fused-ring (bicyclic) bond motifs is 1.